The first-order valence-electron chi connectivity index (χ1n) is 11.5. The van der Waals surface area contributed by atoms with Gasteiger partial charge in [-0.05, 0) is 43.7 Å². The summed E-state index contributed by atoms with van der Waals surface area (Å²) in [7, 11) is 0. The van der Waals surface area contributed by atoms with Crippen molar-refractivity contribution in [1.29, 1.82) is 0 Å². The minimum atomic E-state index is 0. The van der Waals surface area contributed by atoms with E-state index in [-0.39, 0.29) is 22.9 Å². The molecule has 0 atom stereocenters. The Hall–Kier alpha value is -2.43. The fraction of sp³-hybridized carbons (Fsp3) is 0.321. The third kappa shape index (κ3) is 6.08. The van der Waals surface area contributed by atoms with Crippen molar-refractivity contribution in [1.82, 2.24) is 0 Å². The van der Waals surface area contributed by atoms with Gasteiger partial charge in [0.15, 0.2) is 6.54 Å². The van der Waals surface area contributed by atoms with E-state index in [1.807, 2.05) is 18.2 Å². The van der Waals surface area contributed by atoms with Gasteiger partial charge >= 0.3 is 0 Å². The minimum absolute atomic E-state index is 0. The molecule has 3 nitrogen and oxygen atoms in total. The first-order chi connectivity index (χ1) is 15.2. The van der Waals surface area contributed by atoms with E-state index in [2.05, 4.69) is 72.9 Å². The molecule has 0 radical (unpaired) electrons. The van der Waals surface area contributed by atoms with Crippen molar-refractivity contribution in [2.45, 2.75) is 39.2 Å². The molecule has 1 heterocycles. The van der Waals surface area contributed by atoms with E-state index in [1.165, 1.54) is 31.2 Å². The van der Waals surface area contributed by atoms with Crippen LogP contribution in [0.15, 0.2) is 78.9 Å². The van der Waals surface area contributed by atoms with Gasteiger partial charge in [0.1, 0.15) is 6.54 Å². The summed E-state index contributed by atoms with van der Waals surface area (Å²) < 4.78 is 0.850. The molecule has 1 N–H and O–H groups in total. The Balaban J connectivity index is 0.00000289. The van der Waals surface area contributed by atoms with E-state index in [4.69, 9.17) is 0 Å². The highest BCUT2D eigenvalue weighted by Gasteiger charge is 2.32. The van der Waals surface area contributed by atoms with Crippen molar-refractivity contribution in [2.75, 3.05) is 25.0 Å². The molecule has 168 valence electrons. The van der Waals surface area contributed by atoms with Crippen LogP contribution in [0.3, 0.4) is 0 Å². The van der Waals surface area contributed by atoms with Gasteiger partial charge in [-0.25, -0.2) is 0 Å². The largest absolute Gasteiger partial charge is 1.00 e. The van der Waals surface area contributed by atoms with Gasteiger partial charge in [-0.1, -0.05) is 78.9 Å². The standard InChI is InChI=1S/C28H32N2O.BrH/c1-23-13-12-18-26(25-16-8-5-9-17-25)28(23)29-27(31)22-30(19-10-2-3-11-20-30)21-24-14-6-4-7-15-24;/h4-9,12-18H,2-3,10-11,19-22H2,1H3;1H. The summed E-state index contributed by atoms with van der Waals surface area (Å²) in [5.41, 5.74) is 5.56. The lowest BCUT2D eigenvalue weighted by Crippen LogP contribution is -3.00. The van der Waals surface area contributed by atoms with Crippen LogP contribution in [0.4, 0.5) is 5.69 Å². The average Bonchev–Trinajstić information content (AvgIpc) is 3.02. The van der Waals surface area contributed by atoms with Crippen LogP contribution in [0.25, 0.3) is 11.1 Å². The maximum Gasteiger partial charge on any atom is 0.279 e. The van der Waals surface area contributed by atoms with Crippen LogP contribution < -0.4 is 22.3 Å². The second-order valence-electron chi connectivity index (χ2n) is 8.92. The number of likely N-dealkylation sites (tertiary alicyclic amines) is 1. The molecule has 1 amide bonds. The highest BCUT2D eigenvalue weighted by atomic mass is 79.9. The van der Waals surface area contributed by atoms with Gasteiger partial charge < -0.3 is 26.8 Å². The van der Waals surface area contributed by atoms with Crippen LogP contribution >= 0.6 is 0 Å². The number of nitrogens with one attached hydrogen (secondary N) is 1. The van der Waals surface area contributed by atoms with Crippen LogP contribution in [-0.2, 0) is 11.3 Å². The Morgan fingerprint density at radius 2 is 1.44 bits per heavy atom. The van der Waals surface area contributed by atoms with Gasteiger partial charge in [-0.2, -0.15) is 0 Å². The summed E-state index contributed by atoms with van der Waals surface area (Å²) in [6.45, 7) is 5.66. The monoisotopic (exact) mass is 492 g/mol. The van der Waals surface area contributed by atoms with Gasteiger partial charge in [-0.3, -0.25) is 4.79 Å². The molecule has 1 aliphatic heterocycles. The molecule has 0 spiro atoms. The topological polar surface area (TPSA) is 29.1 Å². The van der Waals surface area contributed by atoms with Gasteiger partial charge in [0.2, 0.25) is 0 Å². The molecule has 0 saturated carbocycles. The Labute approximate surface area is 202 Å². The molecule has 1 saturated heterocycles. The molecular formula is C28H33BrN2O. The zero-order valence-corrected chi connectivity index (χ0v) is 20.5. The lowest BCUT2D eigenvalue weighted by molar-refractivity contribution is -0.932. The first-order valence-corrected chi connectivity index (χ1v) is 11.5. The Morgan fingerprint density at radius 1 is 0.812 bits per heavy atom. The van der Waals surface area contributed by atoms with Gasteiger partial charge in [0.25, 0.3) is 5.91 Å². The third-order valence-electron chi connectivity index (χ3n) is 6.48. The van der Waals surface area contributed by atoms with E-state index in [1.54, 1.807) is 0 Å². The zero-order valence-electron chi connectivity index (χ0n) is 18.9. The SMILES string of the molecule is Cc1cccc(-c2ccccc2)c1NC(=O)C[N+]1(Cc2ccccc2)CCCCCC1.[Br-]. The van der Waals surface area contributed by atoms with Crippen LogP contribution in [-0.4, -0.2) is 30.0 Å². The summed E-state index contributed by atoms with van der Waals surface area (Å²) in [6.07, 6.45) is 4.93. The molecule has 4 rings (SSSR count). The Kier molecular flexibility index (Phi) is 8.66. The molecule has 1 aliphatic rings. The summed E-state index contributed by atoms with van der Waals surface area (Å²) in [4.78, 5) is 13.4. The molecule has 0 aliphatic carbocycles. The van der Waals surface area contributed by atoms with Crippen molar-refractivity contribution < 1.29 is 26.3 Å². The molecule has 1 fully saturated rings. The molecule has 4 heteroatoms. The van der Waals surface area contributed by atoms with Crippen molar-refractivity contribution in [2.24, 2.45) is 0 Å². The molecule has 32 heavy (non-hydrogen) atoms. The predicted octanol–water partition coefficient (Wildman–Crippen LogP) is 3.20. The number of benzene rings is 3. The molecule has 0 bridgehead atoms. The number of anilines is 1. The summed E-state index contributed by atoms with van der Waals surface area (Å²) in [5, 5.41) is 3.30. The maximum atomic E-state index is 13.4. The lowest BCUT2D eigenvalue weighted by atomic mass is 10.0. The number of rotatable bonds is 6. The second-order valence-corrected chi connectivity index (χ2v) is 8.92. The van der Waals surface area contributed by atoms with Gasteiger partial charge in [-0.15, -0.1) is 0 Å². The zero-order chi connectivity index (χ0) is 21.5. The fourth-order valence-corrected chi connectivity index (χ4v) is 4.88. The summed E-state index contributed by atoms with van der Waals surface area (Å²) in [6, 6.07) is 27.2. The predicted molar refractivity (Wildman–Crippen MR) is 129 cm³/mol. The lowest BCUT2D eigenvalue weighted by Gasteiger charge is -2.37. The van der Waals surface area contributed by atoms with Crippen LogP contribution in [0.2, 0.25) is 0 Å². The minimum Gasteiger partial charge on any atom is -1.00 e. The van der Waals surface area contributed by atoms with Gasteiger partial charge in [0.05, 0.1) is 18.8 Å². The summed E-state index contributed by atoms with van der Waals surface area (Å²) >= 11 is 0. The quantitative estimate of drug-likeness (QED) is 0.526. The Bertz CT molecular complexity index is 996. The average molecular weight is 493 g/mol. The molecule has 0 unspecified atom stereocenters. The third-order valence-corrected chi connectivity index (χ3v) is 6.48. The molecular weight excluding hydrogens is 460 g/mol. The van der Waals surface area contributed by atoms with E-state index in [9.17, 15) is 4.79 Å². The summed E-state index contributed by atoms with van der Waals surface area (Å²) in [5.74, 6) is 0.115. The Morgan fingerprint density at radius 3 is 2.09 bits per heavy atom. The van der Waals surface area contributed by atoms with E-state index in [0.29, 0.717) is 6.54 Å². The first kappa shape index (κ1) is 24.2. The number of quaternary nitrogens is 1. The number of halogens is 1. The number of hydrogen-bond acceptors (Lipinski definition) is 1. The normalized spacial score (nSPS) is 15.3. The van der Waals surface area contributed by atoms with Crippen molar-refractivity contribution in [3.05, 3.63) is 90.0 Å². The second kappa shape index (κ2) is 11.4. The smallest absolute Gasteiger partial charge is 0.279 e. The van der Waals surface area contributed by atoms with Crippen molar-refractivity contribution in [3.63, 3.8) is 0 Å². The van der Waals surface area contributed by atoms with Crippen LogP contribution in [0, 0.1) is 6.92 Å². The number of hydrogen-bond donors (Lipinski definition) is 1. The molecule has 0 aromatic heterocycles. The highest BCUT2D eigenvalue weighted by molar-refractivity contribution is 5.97. The van der Waals surface area contributed by atoms with E-state index < -0.39 is 0 Å². The van der Waals surface area contributed by atoms with Crippen LogP contribution in [0.1, 0.15) is 36.8 Å². The number of aryl methyl sites for hydroxylation is 1. The number of carbonyl (C=O) groups excluding carboxylic acids is 1. The maximum absolute atomic E-state index is 13.4. The van der Waals surface area contributed by atoms with Crippen LogP contribution in [0.5, 0.6) is 0 Å². The number of amides is 1. The number of carbonyl (C=O) groups is 1. The molecule has 3 aromatic rings. The van der Waals surface area contributed by atoms with Crippen molar-refractivity contribution in [3.8, 4) is 11.1 Å². The number of nitrogens with zero attached hydrogens (tertiary/aromatic N) is 1. The highest BCUT2D eigenvalue weighted by Crippen LogP contribution is 2.31. The molecule has 3 aromatic carbocycles. The van der Waals surface area contributed by atoms with Crippen molar-refractivity contribution >= 4 is 11.6 Å². The number of para-hydroxylation sites is 1. The fourth-order valence-electron chi connectivity index (χ4n) is 4.88. The van der Waals surface area contributed by atoms with E-state index >= 15 is 0 Å². The van der Waals surface area contributed by atoms with Gasteiger partial charge in [0, 0.05) is 11.1 Å². The van der Waals surface area contributed by atoms with E-state index in [0.717, 1.165) is 46.5 Å².